The quantitative estimate of drug-likeness (QED) is 0.762. The minimum Gasteiger partial charge on any atom is -0.325 e. The Morgan fingerprint density at radius 1 is 1.23 bits per heavy atom. The van der Waals surface area contributed by atoms with Crippen LogP contribution in [0, 0.1) is 0 Å². The summed E-state index contributed by atoms with van der Waals surface area (Å²) in [6.45, 7) is 1.07. The maximum Gasteiger partial charge on any atom is 0.238 e. The van der Waals surface area contributed by atoms with Crippen molar-refractivity contribution in [3.05, 3.63) is 58.6 Å². The van der Waals surface area contributed by atoms with Gasteiger partial charge in [-0.15, -0.1) is 11.8 Å². The molecule has 2 rings (SSSR count). The molecule has 0 heterocycles. The summed E-state index contributed by atoms with van der Waals surface area (Å²) >= 11 is 5.19. The molecule has 3 nitrogen and oxygen atoms in total. The molecule has 1 amide bonds. The molecule has 0 aliphatic carbocycles. The molecule has 0 aromatic heterocycles. The van der Waals surface area contributed by atoms with Crippen LogP contribution in [0.15, 0.2) is 57.9 Å². The van der Waals surface area contributed by atoms with Gasteiger partial charge in [-0.2, -0.15) is 0 Å². The molecule has 0 saturated carbocycles. The highest BCUT2D eigenvalue weighted by atomic mass is 79.9. The maximum absolute atomic E-state index is 12.1. The third-order valence-electron chi connectivity index (χ3n) is 3.17. The van der Waals surface area contributed by atoms with Crippen LogP contribution in [0.25, 0.3) is 0 Å². The number of hydrogen-bond acceptors (Lipinski definition) is 3. The van der Waals surface area contributed by atoms with Crippen molar-refractivity contribution in [1.82, 2.24) is 4.90 Å². The van der Waals surface area contributed by atoms with E-state index in [-0.39, 0.29) is 5.91 Å². The zero-order chi connectivity index (χ0) is 15.9. The summed E-state index contributed by atoms with van der Waals surface area (Å²) in [7, 11) is 1.94. The number of benzene rings is 2. The first kappa shape index (κ1) is 17.1. The lowest BCUT2D eigenvalue weighted by atomic mass is 10.2. The summed E-state index contributed by atoms with van der Waals surface area (Å²) in [5.41, 5.74) is 2.01. The van der Waals surface area contributed by atoms with Gasteiger partial charge in [0.1, 0.15) is 0 Å². The second kappa shape index (κ2) is 8.36. The third kappa shape index (κ3) is 5.16. The highest BCUT2D eigenvalue weighted by Crippen LogP contribution is 2.19. The number of rotatable bonds is 6. The molecule has 0 aliphatic rings. The molecular weight excluding hydrogens is 360 g/mol. The summed E-state index contributed by atoms with van der Waals surface area (Å²) in [6.07, 6.45) is 2.02. The van der Waals surface area contributed by atoms with Crippen molar-refractivity contribution in [2.45, 2.75) is 11.4 Å². The van der Waals surface area contributed by atoms with Crippen LogP contribution in [0.4, 0.5) is 5.69 Å². The number of anilines is 1. The van der Waals surface area contributed by atoms with E-state index in [9.17, 15) is 4.79 Å². The van der Waals surface area contributed by atoms with Gasteiger partial charge in [-0.1, -0.05) is 40.2 Å². The number of nitrogens with zero attached hydrogens (tertiary/aromatic N) is 1. The summed E-state index contributed by atoms with van der Waals surface area (Å²) < 4.78 is 1.06. The molecule has 0 bridgehead atoms. The van der Waals surface area contributed by atoms with Gasteiger partial charge >= 0.3 is 0 Å². The maximum atomic E-state index is 12.1. The van der Waals surface area contributed by atoms with Crippen LogP contribution in [0.2, 0.25) is 0 Å². The van der Waals surface area contributed by atoms with Gasteiger partial charge in [-0.05, 0) is 43.1 Å². The summed E-state index contributed by atoms with van der Waals surface area (Å²) in [6, 6.07) is 15.9. The molecule has 2 aromatic rings. The fraction of sp³-hybridized carbons (Fsp3) is 0.235. The molecule has 0 aliphatic heterocycles. The molecule has 0 saturated heterocycles. The Balaban J connectivity index is 1.90. The van der Waals surface area contributed by atoms with E-state index in [0.29, 0.717) is 6.54 Å². The van der Waals surface area contributed by atoms with Crippen LogP contribution in [0.1, 0.15) is 5.56 Å². The summed E-state index contributed by atoms with van der Waals surface area (Å²) in [4.78, 5) is 15.3. The van der Waals surface area contributed by atoms with Crippen molar-refractivity contribution >= 4 is 39.3 Å². The monoisotopic (exact) mass is 378 g/mol. The average molecular weight is 379 g/mol. The zero-order valence-electron chi connectivity index (χ0n) is 12.7. The first-order valence-electron chi connectivity index (χ1n) is 6.94. The normalized spacial score (nSPS) is 10.7. The molecule has 22 heavy (non-hydrogen) atoms. The topological polar surface area (TPSA) is 32.3 Å². The Morgan fingerprint density at radius 2 is 2.00 bits per heavy atom. The first-order chi connectivity index (χ1) is 10.6. The zero-order valence-corrected chi connectivity index (χ0v) is 15.1. The van der Waals surface area contributed by atoms with Crippen LogP contribution in [0.3, 0.4) is 0 Å². The second-order valence-electron chi connectivity index (χ2n) is 5.04. The number of carbonyl (C=O) groups is 1. The van der Waals surface area contributed by atoms with Crippen molar-refractivity contribution in [2.24, 2.45) is 0 Å². The molecule has 0 spiro atoms. The van der Waals surface area contributed by atoms with Crippen molar-refractivity contribution in [3.8, 4) is 0 Å². The SMILES string of the molecule is CSc1cccc(NC(=O)CN(C)Cc2ccccc2Br)c1. The number of nitrogens with one attached hydrogen (secondary N) is 1. The van der Waals surface area contributed by atoms with Crippen LogP contribution >= 0.6 is 27.7 Å². The molecule has 116 valence electrons. The fourth-order valence-corrected chi connectivity index (χ4v) is 2.99. The van der Waals surface area contributed by atoms with Gasteiger partial charge in [0, 0.05) is 21.6 Å². The highest BCUT2D eigenvalue weighted by molar-refractivity contribution is 9.10. The molecule has 0 unspecified atom stereocenters. The van der Waals surface area contributed by atoms with Gasteiger partial charge in [0.2, 0.25) is 5.91 Å². The minimum atomic E-state index is -0.00666. The van der Waals surface area contributed by atoms with Crippen molar-refractivity contribution < 1.29 is 4.79 Å². The van der Waals surface area contributed by atoms with Crippen molar-refractivity contribution in [1.29, 1.82) is 0 Å². The number of halogens is 1. The van der Waals surface area contributed by atoms with E-state index in [4.69, 9.17) is 0 Å². The number of hydrogen-bond donors (Lipinski definition) is 1. The van der Waals surface area contributed by atoms with Crippen LogP contribution in [-0.2, 0) is 11.3 Å². The standard InChI is InChI=1S/C17H19BrN2OS/c1-20(11-13-6-3-4-9-16(13)18)12-17(21)19-14-7-5-8-15(10-14)22-2/h3-10H,11-12H2,1-2H3,(H,19,21). The third-order valence-corrected chi connectivity index (χ3v) is 4.66. The predicted molar refractivity (Wildman–Crippen MR) is 97.3 cm³/mol. The Morgan fingerprint density at radius 3 is 2.73 bits per heavy atom. The molecule has 0 radical (unpaired) electrons. The molecule has 0 atom stereocenters. The average Bonchev–Trinajstić information content (AvgIpc) is 2.49. The number of thioether (sulfide) groups is 1. The molecular formula is C17H19BrN2OS. The van der Waals surface area contributed by atoms with E-state index in [1.807, 2.05) is 60.7 Å². The largest absolute Gasteiger partial charge is 0.325 e. The Labute approximate surface area is 144 Å². The molecule has 1 N–H and O–H groups in total. The van der Waals surface area contributed by atoms with Gasteiger partial charge in [-0.3, -0.25) is 9.69 Å². The minimum absolute atomic E-state index is 0.00666. The van der Waals surface area contributed by atoms with E-state index in [0.717, 1.165) is 21.6 Å². The lowest BCUT2D eigenvalue weighted by Gasteiger charge is -2.17. The second-order valence-corrected chi connectivity index (χ2v) is 6.78. The van der Waals surface area contributed by atoms with Crippen LogP contribution < -0.4 is 5.32 Å². The van der Waals surface area contributed by atoms with Gasteiger partial charge < -0.3 is 5.32 Å². The lowest BCUT2D eigenvalue weighted by molar-refractivity contribution is -0.117. The van der Waals surface area contributed by atoms with Gasteiger partial charge in [0.05, 0.1) is 6.54 Å². The molecule has 0 fully saturated rings. The summed E-state index contributed by atoms with van der Waals surface area (Å²) in [5.74, 6) is -0.00666. The first-order valence-corrected chi connectivity index (χ1v) is 8.96. The predicted octanol–water partition coefficient (Wildman–Crippen LogP) is 4.24. The van der Waals surface area contributed by atoms with E-state index < -0.39 is 0 Å². The van der Waals surface area contributed by atoms with Crippen molar-refractivity contribution in [2.75, 3.05) is 25.2 Å². The highest BCUT2D eigenvalue weighted by Gasteiger charge is 2.09. The van der Waals surface area contributed by atoms with Crippen LogP contribution in [0.5, 0.6) is 0 Å². The van der Waals surface area contributed by atoms with E-state index in [2.05, 4.69) is 27.3 Å². The van der Waals surface area contributed by atoms with Gasteiger partial charge in [0.15, 0.2) is 0 Å². The fourth-order valence-electron chi connectivity index (χ4n) is 2.12. The van der Waals surface area contributed by atoms with Gasteiger partial charge in [-0.25, -0.2) is 0 Å². The Bertz CT molecular complexity index is 648. The smallest absolute Gasteiger partial charge is 0.238 e. The Hall–Kier alpha value is -1.30. The lowest BCUT2D eigenvalue weighted by Crippen LogP contribution is -2.29. The number of amides is 1. The Kier molecular flexibility index (Phi) is 6.49. The van der Waals surface area contributed by atoms with E-state index in [1.165, 1.54) is 5.56 Å². The van der Waals surface area contributed by atoms with E-state index >= 15 is 0 Å². The number of likely N-dealkylation sites (N-methyl/N-ethyl adjacent to an activating group) is 1. The number of carbonyl (C=O) groups excluding carboxylic acids is 1. The van der Waals surface area contributed by atoms with E-state index in [1.54, 1.807) is 11.8 Å². The van der Waals surface area contributed by atoms with Gasteiger partial charge in [0.25, 0.3) is 0 Å². The van der Waals surface area contributed by atoms with Crippen molar-refractivity contribution in [3.63, 3.8) is 0 Å². The molecule has 5 heteroatoms. The summed E-state index contributed by atoms with van der Waals surface area (Å²) in [5, 5.41) is 2.94. The van der Waals surface area contributed by atoms with Crippen LogP contribution in [-0.4, -0.2) is 30.7 Å². The molecule has 2 aromatic carbocycles.